The minimum atomic E-state index is -0.396. The van der Waals surface area contributed by atoms with Crippen molar-refractivity contribution in [1.29, 1.82) is 0 Å². The number of methoxy groups -OCH3 is 1. The van der Waals surface area contributed by atoms with Crippen LogP contribution in [0.2, 0.25) is 0 Å². The van der Waals surface area contributed by atoms with Crippen molar-refractivity contribution in [3.05, 3.63) is 89.6 Å². The van der Waals surface area contributed by atoms with Gasteiger partial charge in [-0.25, -0.2) is 9.18 Å². The number of anilines is 1. The van der Waals surface area contributed by atoms with Crippen LogP contribution in [0.4, 0.5) is 14.9 Å². The van der Waals surface area contributed by atoms with E-state index < -0.39 is 5.82 Å². The lowest BCUT2D eigenvalue weighted by atomic mass is 9.68. The number of aromatic nitrogens is 2. The van der Waals surface area contributed by atoms with Crippen LogP contribution in [0.25, 0.3) is 10.9 Å². The van der Waals surface area contributed by atoms with Crippen LogP contribution < -0.4 is 10.1 Å². The molecule has 6 rings (SSSR count). The lowest BCUT2D eigenvalue weighted by Crippen LogP contribution is -2.68. The molecule has 2 aromatic carbocycles. The largest absolute Gasteiger partial charge is 0.497 e. The summed E-state index contributed by atoms with van der Waals surface area (Å²) in [4.78, 5) is 21.3. The van der Waals surface area contributed by atoms with Gasteiger partial charge in [-0.3, -0.25) is 9.88 Å². The minimum absolute atomic E-state index is 0.0285. The topological polar surface area (TPSA) is 82.9 Å². The number of amides is 2. The normalized spacial score (nSPS) is 18.3. The SMILES string of the molecule is COc1ccc2c3c(n(C)c2c1)[C@H](CO)N(Cc1ccncc1)CC31CN(C(=O)Nc2cccc(F)c2)C1. The Balaban J connectivity index is 1.39. The third kappa shape index (κ3) is 3.99. The number of nitrogens with zero attached hydrogens (tertiary/aromatic N) is 4. The molecule has 196 valence electrons. The van der Waals surface area contributed by atoms with Gasteiger partial charge in [0.15, 0.2) is 0 Å². The molecule has 8 nitrogen and oxygen atoms in total. The van der Waals surface area contributed by atoms with E-state index >= 15 is 0 Å². The molecule has 0 bridgehead atoms. The average molecular weight is 516 g/mol. The van der Waals surface area contributed by atoms with Crippen LogP contribution in [0.15, 0.2) is 67.0 Å². The van der Waals surface area contributed by atoms with Crippen molar-refractivity contribution in [3.8, 4) is 5.75 Å². The van der Waals surface area contributed by atoms with Crippen molar-refractivity contribution >= 4 is 22.6 Å². The number of aliphatic hydroxyl groups excluding tert-OH is 1. The second-order valence-electron chi connectivity index (χ2n) is 10.2. The molecule has 1 atom stereocenters. The summed E-state index contributed by atoms with van der Waals surface area (Å²) < 4.78 is 21.3. The quantitative estimate of drug-likeness (QED) is 0.419. The average Bonchev–Trinajstić information content (AvgIpc) is 3.19. The first-order chi connectivity index (χ1) is 18.4. The Morgan fingerprint density at radius 3 is 2.66 bits per heavy atom. The van der Waals surface area contributed by atoms with Crippen molar-refractivity contribution in [3.63, 3.8) is 0 Å². The fourth-order valence-corrected chi connectivity index (χ4v) is 6.21. The van der Waals surface area contributed by atoms with Crippen molar-refractivity contribution < 1.29 is 19.0 Å². The smallest absolute Gasteiger partial charge is 0.321 e. The number of urea groups is 1. The van der Waals surface area contributed by atoms with Gasteiger partial charge in [0.2, 0.25) is 0 Å². The van der Waals surface area contributed by atoms with E-state index in [1.54, 1.807) is 36.5 Å². The van der Waals surface area contributed by atoms with E-state index in [-0.39, 0.29) is 24.1 Å². The highest BCUT2D eigenvalue weighted by atomic mass is 19.1. The van der Waals surface area contributed by atoms with Gasteiger partial charge >= 0.3 is 6.03 Å². The van der Waals surface area contributed by atoms with Gasteiger partial charge in [-0.2, -0.15) is 0 Å². The fourth-order valence-electron chi connectivity index (χ4n) is 6.21. The molecule has 0 aliphatic carbocycles. The monoisotopic (exact) mass is 515 g/mol. The van der Waals surface area contributed by atoms with Gasteiger partial charge in [-0.15, -0.1) is 0 Å². The van der Waals surface area contributed by atoms with Crippen LogP contribution in [-0.2, 0) is 19.0 Å². The van der Waals surface area contributed by atoms with E-state index in [0.717, 1.165) is 27.9 Å². The summed E-state index contributed by atoms with van der Waals surface area (Å²) in [5, 5.41) is 14.6. The highest BCUT2D eigenvalue weighted by Crippen LogP contribution is 2.50. The molecule has 2 amide bonds. The maximum absolute atomic E-state index is 13.7. The number of rotatable bonds is 5. The summed E-state index contributed by atoms with van der Waals surface area (Å²) in [6.45, 7) is 2.32. The molecule has 2 N–H and O–H groups in total. The number of fused-ring (bicyclic) bond motifs is 4. The van der Waals surface area contributed by atoms with Gasteiger partial charge < -0.3 is 24.6 Å². The highest BCUT2D eigenvalue weighted by molar-refractivity contribution is 5.92. The number of ether oxygens (including phenoxy) is 1. The summed E-state index contributed by atoms with van der Waals surface area (Å²) in [7, 11) is 3.68. The number of hydrogen-bond donors (Lipinski definition) is 2. The van der Waals surface area contributed by atoms with Crippen LogP contribution in [0, 0.1) is 5.82 Å². The van der Waals surface area contributed by atoms with E-state index in [4.69, 9.17) is 4.74 Å². The number of benzene rings is 2. The van der Waals surface area contributed by atoms with Crippen molar-refractivity contribution in [2.24, 2.45) is 7.05 Å². The summed E-state index contributed by atoms with van der Waals surface area (Å²) in [6.07, 6.45) is 3.55. The first-order valence-corrected chi connectivity index (χ1v) is 12.6. The third-order valence-corrected chi connectivity index (χ3v) is 7.90. The van der Waals surface area contributed by atoms with Crippen molar-refractivity contribution in [1.82, 2.24) is 19.4 Å². The van der Waals surface area contributed by atoms with Crippen LogP contribution >= 0.6 is 0 Å². The van der Waals surface area contributed by atoms with Crippen molar-refractivity contribution in [2.75, 3.05) is 38.7 Å². The lowest BCUT2D eigenvalue weighted by Gasteiger charge is -2.56. The first-order valence-electron chi connectivity index (χ1n) is 12.6. The van der Waals surface area contributed by atoms with Gasteiger partial charge in [0.1, 0.15) is 11.6 Å². The molecule has 2 aliphatic heterocycles. The van der Waals surface area contributed by atoms with Gasteiger partial charge in [0.25, 0.3) is 0 Å². The van der Waals surface area contributed by atoms with E-state index in [1.807, 2.05) is 31.3 Å². The van der Waals surface area contributed by atoms with E-state index in [0.29, 0.717) is 31.9 Å². The highest BCUT2D eigenvalue weighted by Gasteiger charge is 2.54. The van der Waals surface area contributed by atoms with Crippen molar-refractivity contribution in [2.45, 2.75) is 18.0 Å². The molecule has 9 heteroatoms. The summed E-state index contributed by atoms with van der Waals surface area (Å²) in [5.74, 6) is 0.371. The third-order valence-electron chi connectivity index (χ3n) is 7.90. The maximum Gasteiger partial charge on any atom is 0.321 e. The van der Waals surface area contributed by atoms with Gasteiger partial charge in [0, 0.05) is 73.9 Å². The van der Waals surface area contributed by atoms with Crippen LogP contribution in [0.3, 0.4) is 0 Å². The lowest BCUT2D eigenvalue weighted by molar-refractivity contribution is 0.0111. The second-order valence-corrected chi connectivity index (χ2v) is 10.2. The zero-order valence-electron chi connectivity index (χ0n) is 21.4. The minimum Gasteiger partial charge on any atom is -0.497 e. The Bertz CT molecular complexity index is 1500. The van der Waals surface area contributed by atoms with Crippen LogP contribution in [0.1, 0.15) is 22.9 Å². The standard InChI is InChI=1S/C29H30FN5O3/c1-33-24-13-22(38-2)6-7-23(24)26-27(33)25(15-36)34(14-19-8-10-31-11-9-19)16-29(26)17-35(18-29)28(37)32-21-5-3-4-20(30)12-21/h3-13,25,36H,14-18H2,1-2H3,(H,32,37)/t25-/m0/s1. The number of nitrogens with one attached hydrogen (secondary N) is 1. The molecule has 38 heavy (non-hydrogen) atoms. The van der Waals surface area contributed by atoms with E-state index in [2.05, 4.69) is 25.8 Å². The number of carbonyl (C=O) groups excluding carboxylic acids is 1. The number of pyridine rings is 1. The zero-order chi connectivity index (χ0) is 26.4. The molecule has 0 saturated carbocycles. The number of likely N-dealkylation sites (tertiary alicyclic amines) is 1. The Morgan fingerprint density at radius 2 is 1.95 bits per heavy atom. The molecule has 2 aromatic heterocycles. The van der Waals surface area contributed by atoms with Gasteiger partial charge in [-0.05, 0) is 53.6 Å². The summed E-state index contributed by atoms with van der Waals surface area (Å²) in [6, 6.07) is 15.5. The van der Waals surface area contributed by atoms with Gasteiger partial charge in [0.05, 0.1) is 25.3 Å². The molecular weight excluding hydrogens is 485 g/mol. The number of halogens is 1. The van der Waals surface area contributed by atoms with Crippen LogP contribution in [-0.4, -0.2) is 63.8 Å². The summed E-state index contributed by atoms with van der Waals surface area (Å²) in [5.41, 5.74) is 4.48. The molecule has 4 aromatic rings. The molecule has 0 unspecified atom stereocenters. The molecule has 2 aliphatic rings. The predicted octanol–water partition coefficient (Wildman–Crippen LogP) is 4.06. The Hall–Kier alpha value is -3.95. The maximum atomic E-state index is 13.7. The Kier molecular flexibility index (Phi) is 6.04. The molecule has 1 fully saturated rings. The molecule has 0 radical (unpaired) electrons. The van der Waals surface area contributed by atoms with E-state index in [9.17, 15) is 14.3 Å². The molecule has 1 saturated heterocycles. The second kappa shape index (κ2) is 9.41. The summed E-state index contributed by atoms with van der Waals surface area (Å²) >= 11 is 0. The predicted molar refractivity (Wildman–Crippen MR) is 143 cm³/mol. The number of aliphatic hydroxyl groups is 1. The first kappa shape index (κ1) is 24.4. The molecule has 1 spiro atoms. The van der Waals surface area contributed by atoms with E-state index in [1.165, 1.54) is 17.7 Å². The number of aryl methyl sites for hydroxylation is 1. The number of hydrogen-bond acceptors (Lipinski definition) is 5. The Labute approximate surface area is 220 Å². The molecule has 4 heterocycles. The Morgan fingerprint density at radius 1 is 1.16 bits per heavy atom. The van der Waals surface area contributed by atoms with Gasteiger partial charge in [-0.1, -0.05) is 6.07 Å². The molecular formula is C29H30FN5O3. The van der Waals surface area contributed by atoms with Crippen LogP contribution in [0.5, 0.6) is 5.75 Å². The number of carbonyl (C=O) groups is 1. The fraction of sp³-hybridized carbons (Fsp3) is 0.310. The zero-order valence-corrected chi connectivity index (χ0v) is 21.4.